The first kappa shape index (κ1) is 17.5. The van der Waals surface area contributed by atoms with Crippen LogP contribution in [0.1, 0.15) is 27.2 Å². The van der Waals surface area contributed by atoms with Gasteiger partial charge < -0.3 is 14.6 Å². The van der Waals surface area contributed by atoms with Crippen LogP contribution in [-0.4, -0.2) is 59.1 Å². The molecule has 0 aromatic carbocycles. The Morgan fingerprint density at radius 3 is 2.33 bits per heavy atom. The van der Waals surface area contributed by atoms with Gasteiger partial charge in [-0.2, -0.15) is 13.2 Å². The molecule has 1 aliphatic rings. The summed E-state index contributed by atoms with van der Waals surface area (Å²) >= 11 is 0. The fourth-order valence-electron chi connectivity index (χ4n) is 1.81. The minimum atomic E-state index is -4.63. The average molecular weight is 313 g/mol. The van der Waals surface area contributed by atoms with Gasteiger partial charge in [-0.1, -0.05) is 0 Å². The summed E-state index contributed by atoms with van der Waals surface area (Å²) in [6.07, 6.45) is -8.26. The van der Waals surface area contributed by atoms with E-state index in [1.807, 2.05) is 0 Å². The van der Waals surface area contributed by atoms with Gasteiger partial charge in [0.2, 0.25) is 0 Å². The molecule has 0 aromatic rings. The number of carbonyl (C=O) groups is 2. The third-order valence-electron chi connectivity index (χ3n) is 2.70. The van der Waals surface area contributed by atoms with E-state index >= 15 is 0 Å². The van der Waals surface area contributed by atoms with Gasteiger partial charge in [0.1, 0.15) is 5.60 Å². The number of hydrogen-bond acceptors (Lipinski definition) is 4. The molecule has 1 N–H and O–H groups in total. The highest BCUT2D eigenvalue weighted by Crippen LogP contribution is 2.29. The maximum absolute atomic E-state index is 12.7. The topological polar surface area (TPSA) is 76.1 Å². The van der Waals surface area contributed by atoms with Gasteiger partial charge in [-0.15, -0.1) is 0 Å². The molecule has 2 atom stereocenters. The molecule has 1 aliphatic heterocycles. The van der Waals surface area contributed by atoms with Crippen molar-refractivity contribution in [3.05, 3.63) is 0 Å². The summed E-state index contributed by atoms with van der Waals surface area (Å²) in [5, 5.41) is 8.77. The Morgan fingerprint density at radius 1 is 1.33 bits per heavy atom. The van der Waals surface area contributed by atoms with Crippen molar-refractivity contribution in [2.45, 2.75) is 51.1 Å². The van der Waals surface area contributed by atoms with Crippen molar-refractivity contribution in [2.75, 3.05) is 13.2 Å². The Kier molecular flexibility index (Phi) is 5.08. The number of carboxylic acid groups (broad SMARTS) is 1. The van der Waals surface area contributed by atoms with E-state index in [1.54, 1.807) is 20.8 Å². The van der Waals surface area contributed by atoms with Crippen molar-refractivity contribution in [2.24, 2.45) is 0 Å². The normalized spacial score (nSPS) is 23.8. The fourth-order valence-corrected chi connectivity index (χ4v) is 1.81. The Labute approximate surface area is 119 Å². The van der Waals surface area contributed by atoms with Gasteiger partial charge in [0.25, 0.3) is 0 Å². The first-order valence-electron chi connectivity index (χ1n) is 6.30. The second-order valence-corrected chi connectivity index (χ2v) is 5.75. The predicted octanol–water partition coefficient (Wildman–Crippen LogP) is 2.03. The lowest BCUT2D eigenvalue weighted by Gasteiger charge is -2.39. The van der Waals surface area contributed by atoms with Gasteiger partial charge in [-0.25, -0.2) is 4.79 Å². The van der Waals surface area contributed by atoms with Gasteiger partial charge in [0.15, 0.2) is 6.10 Å². The third-order valence-corrected chi connectivity index (χ3v) is 2.70. The Hall–Kier alpha value is -1.51. The SMILES string of the molecule is CC(C)(C)OC(=O)N1C[C@H](C(F)(F)F)OC[C@H]1CC(=O)O. The first-order chi connectivity index (χ1) is 9.40. The summed E-state index contributed by atoms with van der Waals surface area (Å²) in [4.78, 5) is 23.5. The second kappa shape index (κ2) is 6.08. The number of amides is 1. The lowest BCUT2D eigenvalue weighted by molar-refractivity contribution is -0.241. The van der Waals surface area contributed by atoms with Crippen molar-refractivity contribution in [1.82, 2.24) is 4.90 Å². The zero-order valence-electron chi connectivity index (χ0n) is 11.9. The fraction of sp³-hybridized carbons (Fsp3) is 0.833. The molecule has 9 heteroatoms. The number of aliphatic carboxylic acids is 1. The van der Waals surface area contributed by atoms with Crippen LogP contribution < -0.4 is 0 Å². The zero-order chi connectivity index (χ0) is 16.4. The summed E-state index contributed by atoms with van der Waals surface area (Å²) < 4.78 is 47.7. The Bertz CT molecular complexity index is 405. The van der Waals surface area contributed by atoms with Crippen LogP contribution in [0, 0.1) is 0 Å². The van der Waals surface area contributed by atoms with Crippen LogP contribution in [0.5, 0.6) is 0 Å². The summed E-state index contributed by atoms with van der Waals surface area (Å²) in [6.45, 7) is 3.42. The standard InChI is InChI=1S/C12H18F3NO5/c1-11(2,3)21-10(19)16-5-8(12(13,14)15)20-6-7(16)4-9(17)18/h7-8H,4-6H2,1-3H3,(H,17,18)/t7-,8-/m1/s1. The molecule has 122 valence electrons. The molecule has 0 aromatic heterocycles. The molecule has 0 radical (unpaired) electrons. The highest BCUT2D eigenvalue weighted by Gasteiger charge is 2.47. The Morgan fingerprint density at radius 2 is 1.90 bits per heavy atom. The highest BCUT2D eigenvalue weighted by molar-refractivity contribution is 5.72. The number of nitrogens with zero attached hydrogens (tertiary/aromatic N) is 1. The van der Waals surface area contributed by atoms with Crippen LogP contribution in [0.25, 0.3) is 0 Å². The minimum absolute atomic E-state index is 0.504. The number of alkyl halides is 3. The molecule has 0 bridgehead atoms. The molecule has 0 spiro atoms. The summed E-state index contributed by atoms with van der Waals surface area (Å²) in [7, 11) is 0. The van der Waals surface area contributed by atoms with E-state index in [0.29, 0.717) is 0 Å². The number of carbonyl (C=O) groups excluding carboxylic acids is 1. The van der Waals surface area contributed by atoms with Crippen LogP contribution in [0.15, 0.2) is 0 Å². The first-order valence-corrected chi connectivity index (χ1v) is 6.30. The van der Waals surface area contributed by atoms with E-state index < -0.39 is 55.6 Å². The minimum Gasteiger partial charge on any atom is -0.481 e. The molecule has 21 heavy (non-hydrogen) atoms. The predicted molar refractivity (Wildman–Crippen MR) is 64.8 cm³/mol. The largest absolute Gasteiger partial charge is 0.481 e. The zero-order valence-corrected chi connectivity index (χ0v) is 11.9. The van der Waals surface area contributed by atoms with Crippen molar-refractivity contribution in [3.63, 3.8) is 0 Å². The number of hydrogen-bond donors (Lipinski definition) is 1. The average Bonchev–Trinajstić information content (AvgIpc) is 2.24. The third kappa shape index (κ3) is 5.41. The molecule has 1 heterocycles. The molecule has 1 fully saturated rings. The quantitative estimate of drug-likeness (QED) is 0.844. The smallest absolute Gasteiger partial charge is 0.416 e. The summed E-state index contributed by atoms with van der Waals surface area (Å²) in [5.41, 5.74) is -0.892. The van der Waals surface area contributed by atoms with Crippen LogP contribution in [0.3, 0.4) is 0 Å². The van der Waals surface area contributed by atoms with Crippen molar-refractivity contribution in [1.29, 1.82) is 0 Å². The molecule has 0 saturated carbocycles. The van der Waals surface area contributed by atoms with Gasteiger partial charge in [0, 0.05) is 0 Å². The molecule has 1 amide bonds. The van der Waals surface area contributed by atoms with Crippen molar-refractivity contribution < 1.29 is 37.3 Å². The number of morpholine rings is 1. The van der Waals surface area contributed by atoms with E-state index in [2.05, 4.69) is 4.74 Å². The van der Waals surface area contributed by atoms with Crippen LogP contribution in [0.4, 0.5) is 18.0 Å². The van der Waals surface area contributed by atoms with E-state index in [1.165, 1.54) is 0 Å². The van der Waals surface area contributed by atoms with Gasteiger partial charge in [0.05, 0.1) is 25.6 Å². The van der Waals surface area contributed by atoms with Crippen LogP contribution >= 0.6 is 0 Å². The molecular weight excluding hydrogens is 295 g/mol. The number of carboxylic acids is 1. The summed E-state index contributed by atoms with van der Waals surface area (Å²) in [6, 6.07) is -0.990. The van der Waals surface area contributed by atoms with Gasteiger partial charge in [-0.05, 0) is 20.8 Å². The number of ether oxygens (including phenoxy) is 2. The molecule has 1 saturated heterocycles. The molecular formula is C12H18F3NO5. The van der Waals surface area contributed by atoms with Crippen LogP contribution in [0.2, 0.25) is 0 Å². The van der Waals surface area contributed by atoms with Crippen LogP contribution in [-0.2, 0) is 14.3 Å². The van der Waals surface area contributed by atoms with E-state index in [4.69, 9.17) is 9.84 Å². The van der Waals surface area contributed by atoms with E-state index in [-0.39, 0.29) is 0 Å². The molecule has 1 rings (SSSR count). The number of halogens is 3. The molecule has 0 aliphatic carbocycles. The molecule has 6 nitrogen and oxygen atoms in total. The maximum Gasteiger partial charge on any atom is 0.416 e. The van der Waals surface area contributed by atoms with E-state index in [0.717, 1.165) is 4.90 Å². The van der Waals surface area contributed by atoms with E-state index in [9.17, 15) is 22.8 Å². The second-order valence-electron chi connectivity index (χ2n) is 5.75. The summed E-state index contributed by atoms with van der Waals surface area (Å²) in [5.74, 6) is -1.23. The van der Waals surface area contributed by atoms with Gasteiger partial charge >= 0.3 is 18.2 Å². The lowest BCUT2D eigenvalue weighted by Crippen LogP contribution is -2.57. The monoisotopic (exact) mass is 313 g/mol. The maximum atomic E-state index is 12.7. The highest BCUT2D eigenvalue weighted by atomic mass is 19.4. The number of rotatable bonds is 2. The van der Waals surface area contributed by atoms with Crippen molar-refractivity contribution >= 4 is 12.1 Å². The van der Waals surface area contributed by atoms with Gasteiger partial charge in [-0.3, -0.25) is 9.69 Å². The lowest BCUT2D eigenvalue weighted by atomic mass is 10.1. The molecule has 0 unspecified atom stereocenters. The van der Waals surface area contributed by atoms with Crippen molar-refractivity contribution in [3.8, 4) is 0 Å². The Balaban J connectivity index is 2.87.